The highest BCUT2D eigenvalue weighted by Crippen LogP contribution is 2.31. The lowest BCUT2D eigenvalue weighted by molar-refractivity contribution is 0.0728. The standard InChI is InChI=1S/C34H31Cl2N3O7/c1-4-43-28-15-11-23(18-31(28)45-6-3)32(40)38-25-9-7-8-22(17-25)33(41)39-37-20-21-10-14-29(30(16-21)44-5-2)46-34(42)26-13-12-24(35)19-27(26)36/h7-20H,4-6H2,1-3H3,(H,38,40)(H,39,41). The molecule has 0 fully saturated rings. The fraction of sp³-hybridized carbons (Fsp3) is 0.176. The third kappa shape index (κ3) is 8.99. The quantitative estimate of drug-likeness (QED) is 0.0660. The number of benzene rings is 4. The van der Waals surface area contributed by atoms with Crippen LogP contribution in [0.1, 0.15) is 57.4 Å². The van der Waals surface area contributed by atoms with Crippen LogP contribution >= 0.6 is 23.2 Å². The van der Waals surface area contributed by atoms with Crippen LogP contribution in [0.25, 0.3) is 0 Å². The molecule has 0 aliphatic carbocycles. The summed E-state index contributed by atoms with van der Waals surface area (Å²) in [5.74, 6) is -0.0668. The van der Waals surface area contributed by atoms with Crippen molar-refractivity contribution >= 4 is 52.9 Å². The predicted molar refractivity (Wildman–Crippen MR) is 177 cm³/mol. The van der Waals surface area contributed by atoms with Crippen LogP contribution in [0.5, 0.6) is 23.0 Å². The molecule has 4 aromatic rings. The Bertz CT molecular complexity index is 1760. The number of rotatable bonds is 13. The van der Waals surface area contributed by atoms with Crippen molar-refractivity contribution in [2.75, 3.05) is 25.1 Å². The van der Waals surface area contributed by atoms with Gasteiger partial charge in [-0.1, -0.05) is 29.3 Å². The van der Waals surface area contributed by atoms with E-state index in [1.165, 1.54) is 30.5 Å². The third-order valence-electron chi connectivity index (χ3n) is 6.19. The number of esters is 1. The first-order valence-electron chi connectivity index (χ1n) is 14.3. The summed E-state index contributed by atoms with van der Waals surface area (Å²) in [5, 5.41) is 7.38. The van der Waals surface area contributed by atoms with Crippen LogP contribution in [0.15, 0.2) is 84.0 Å². The molecule has 2 amide bonds. The zero-order chi connectivity index (χ0) is 33.1. The fourth-order valence-electron chi connectivity index (χ4n) is 4.13. The molecular weight excluding hydrogens is 633 g/mol. The normalized spacial score (nSPS) is 10.7. The van der Waals surface area contributed by atoms with Crippen molar-refractivity contribution in [1.29, 1.82) is 0 Å². The van der Waals surface area contributed by atoms with Crippen molar-refractivity contribution in [2.24, 2.45) is 5.10 Å². The topological polar surface area (TPSA) is 125 Å². The second-order valence-electron chi connectivity index (χ2n) is 9.41. The first kappa shape index (κ1) is 33.8. The molecule has 0 saturated carbocycles. The van der Waals surface area contributed by atoms with Gasteiger partial charge in [-0.2, -0.15) is 5.10 Å². The molecule has 0 saturated heterocycles. The Labute approximate surface area is 276 Å². The summed E-state index contributed by atoms with van der Waals surface area (Å²) in [4.78, 5) is 38.4. The van der Waals surface area contributed by atoms with Crippen molar-refractivity contribution in [3.8, 4) is 23.0 Å². The monoisotopic (exact) mass is 663 g/mol. The zero-order valence-corrected chi connectivity index (χ0v) is 26.8. The third-order valence-corrected chi connectivity index (χ3v) is 6.74. The van der Waals surface area contributed by atoms with Gasteiger partial charge in [0.25, 0.3) is 11.8 Å². The molecule has 0 bridgehead atoms. The molecule has 0 aliphatic rings. The zero-order valence-electron chi connectivity index (χ0n) is 25.3. The molecule has 0 unspecified atom stereocenters. The number of anilines is 1. The van der Waals surface area contributed by atoms with Gasteiger partial charge in [0.05, 0.1) is 36.6 Å². The smallest absolute Gasteiger partial charge is 0.345 e. The van der Waals surface area contributed by atoms with Gasteiger partial charge in [-0.25, -0.2) is 10.2 Å². The minimum atomic E-state index is -0.676. The summed E-state index contributed by atoms with van der Waals surface area (Å²) in [7, 11) is 0. The molecule has 238 valence electrons. The number of amides is 2. The van der Waals surface area contributed by atoms with E-state index in [9.17, 15) is 14.4 Å². The van der Waals surface area contributed by atoms with Crippen LogP contribution in [0.4, 0.5) is 5.69 Å². The second kappa shape index (κ2) is 16.3. The van der Waals surface area contributed by atoms with E-state index in [-0.39, 0.29) is 27.8 Å². The van der Waals surface area contributed by atoms with Crippen molar-refractivity contribution < 1.29 is 33.3 Å². The Hall–Kier alpha value is -5.06. The fourth-order valence-corrected chi connectivity index (χ4v) is 4.62. The summed E-state index contributed by atoms with van der Waals surface area (Å²) >= 11 is 12.0. The Morgan fingerprint density at radius 1 is 0.717 bits per heavy atom. The van der Waals surface area contributed by atoms with Gasteiger partial charge >= 0.3 is 5.97 Å². The van der Waals surface area contributed by atoms with Crippen molar-refractivity contribution in [2.45, 2.75) is 20.8 Å². The van der Waals surface area contributed by atoms with Gasteiger partial charge in [-0.3, -0.25) is 9.59 Å². The van der Waals surface area contributed by atoms with Crippen molar-refractivity contribution in [1.82, 2.24) is 5.43 Å². The maximum absolute atomic E-state index is 12.9. The van der Waals surface area contributed by atoms with E-state index in [4.69, 9.17) is 42.1 Å². The van der Waals surface area contributed by atoms with Gasteiger partial charge in [0, 0.05) is 21.8 Å². The Balaban J connectivity index is 1.40. The maximum atomic E-state index is 12.9. The number of ether oxygens (including phenoxy) is 4. The summed E-state index contributed by atoms with van der Waals surface area (Å²) in [6, 6.07) is 20.6. The number of halogens is 2. The van der Waals surface area contributed by atoms with Gasteiger partial charge in [-0.05, 0) is 99.1 Å². The van der Waals surface area contributed by atoms with E-state index in [1.807, 2.05) is 13.8 Å². The lowest BCUT2D eigenvalue weighted by atomic mass is 10.1. The summed E-state index contributed by atoms with van der Waals surface area (Å²) < 4.78 is 22.3. The minimum absolute atomic E-state index is 0.150. The van der Waals surface area contributed by atoms with Gasteiger partial charge in [0.2, 0.25) is 0 Å². The van der Waals surface area contributed by atoms with Crippen LogP contribution in [0.2, 0.25) is 10.0 Å². The molecule has 0 aliphatic heterocycles. The molecular formula is C34H31Cl2N3O7. The largest absolute Gasteiger partial charge is 0.490 e. The number of hydrazone groups is 1. The Morgan fingerprint density at radius 3 is 2.11 bits per heavy atom. The molecule has 12 heteroatoms. The highest BCUT2D eigenvalue weighted by Gasteiger charge is 2.17. The van der Waals surface area contributed by atoms with Crippen LogP contribution in [0, 0.1) is 0 Å². The van der Waals surface area contributed by atoms with Crippen molar-refractivity contribution in [3.05, 3.63) is 111 Å². The number of nitrogens with one attached hydrogen (secondary N) is 2. The minimum Gasteiger partial charge on any atom is -0.490 e. The molecule has 0 aromatic heterocycles. The Morgan fingerprint density at radius 2 is 1.39 bits per heavy atom. The number of hydrogen-bond acceptors (Lipinski definition) is 8. The van der Waals surface area contributed by atoms with Crippen LogP contribution in [-0.4, -0.2) is 43.8 Å². The van der Waals surface area contributed by atoms with E-state index < -0.39 is 11.9 Å². The summed E-state index contributed by atoms with van der Waals surface area (Å²) in [5.41, 5.74) is 4.24. The van der Waals surface area contributed by atoms with Gasteiger partial charge < -0.3 is 24.3 Å². The molecule has 10 nitrogen and oxygen atoms in total. The molecule has 46 heavy (non-hydrogen) atoms. The first-order chi connectivity index (χ1) is 22.2. The lowest BCUT2D eigenvalue weighted by Crippen LogP contribution is -2.18. The summed E-state index contributed by atoms with van der Waals surface area (Å²) in [6.45, 7) is 6.68. The predicted octanol–water partition coefficient (Wildman–Crippen LogP) is 7.42. The Kier molecular flexibility index (Phi) is 12.0. The average Bonchev–Trinajstić information content (AvgIpc) is 3.03. The van der Waals surface area contributed by atoms with E-state index in [0.29, 0.717) is 58.9 Å². The van der Waals surface area contributed by atoms with Crippen LogP contribution < -0.4 is 29.7 Å². The lowest BCUT2D eigenvalue weighted by Gasteiger charge is -2.13. The van der Waals surface area contributed by atoms with E-state index in [0.717, 1.165) is 0 Å². The van der Waals surface area contributed by atoms with E-state index in [1.54, 1.807) is 61.5 Å². The SMILES string of the molecule is CCOc1ccc(C(=O)Nc2cccc(C(=O)NN=Cc3ccc(OC(=O)c4ccc(Cl)cc4Cl)c(OCC)c3)c2)cc1OCC. The molecule has 4 rings (SSSR count). The van der Waals surface area contributed by atoms with Crippen molar-refractivity contribution in [3.63, 3.8) is 0 Å². The number of hydrogen-bond donors (Lipinski definition) is 2. The second-order valence-corrected chi connectivity index (χ2v) is 10.3. The maximum Gasteiger partial charge on any atom is 0.345 e. The average molecular weight is 665 g/mol. The molecule has 2 N–H and O–H groups in total. The van der Waals surface area contributed by atoms with Crippen LogP contribution in [0.3, 0.4) is 0 Å². The molecule has 0 radical (unpaired) electrons. The van der Waals surface area contributed by atoms with Gasteiger partial charge in [0.1, 0.15) is 0 Å². The highest BCUT2D eigenvalue weighted by atomic mass is 35.5. The van der Waals surface area contributed by atoms with Gasteiger partial charge in [0.15, 0.2) is 23.0 Å². The number of carbonyl (C=O) groups excluding carboxylic acids is 3. The molecule has 0 atom stereocenters. The number of carbonyl (C=O) groups is 3. The summed E-state index contributed by atoms with van der Waals surface area (Å²) in [6.07, 6.45) is 1.41. The van der Waals surface area contributed by atoms with E-state index >= 15 is 0 Å². The molecule has 0 spiro atoms. The number of nitrogens with zero attached hydrogens (tertiary/aromatic N) is 1. The molecule has 4 aromatic carbocycles. The van der Waals surface area contributed by atoms with Gasteiger partial charge in [-0.15, -0.1) is 0 Å². The van der Waals surface area contributed by atoms with Crippen LogP contribution in [-0.2, 0) is 0 Å². The first-order valence-corrected chi connectivity index (χ1v) is 15.1. The molecule has 0 heterocycles. The van der Waals surface area contributed by atoms with E-state index in [2.05, 4.69) is 15.8 Å². The highest BCUT2D eigenvalue weighted by molar-refractivity contribution is 6.36.